The molecule has 1 rings (SSSR count). The van der Waals surface area contributed by atoms with E-state index in [2.05, 4.69) is 17.2 Å². The third-order valence-corrected chi connectivity index (χ3v) is 2.92. The summed E-state index contributed by atoms with van der Waals surface area (Å²) < 4.78 is 37.4. The maximum Gasteiger partial charge on any atom is 0.416 e. The first-order valence-corrected chi connectivity index (χ1v) is 6.81. The van der Waals surface area contributed by atoms with Crippen molar-refractivity contribution in [2.45, 2.75) is 51.6 Å². The molecule has 5 heteroatoms. The molecule has 1 heterocycles. The maximum atomic E-state index is 12.5. The topological polar surface area (TPSA) is 24.9 Å². The molecule has 0 radical (unpaired) electrons. The van der Waals surface area contributed by atoms with E-state index in [0.717, 1.165) is 25.0 Å². The van der Waals surface area contributed by atoms with Gasteiger partial charge in [-0.3, -0.25) is 0 Å². The molecule has 0 aliphatic heterocycles. The molecular weight excluding hydrogens is 253 g/mol. The predicted octanol–water partition coefficient (Wildman–Crippen LogP) is 4.87. The average molecular weight is 274 g/mol. The van der Waals surface area contributed by atoms with E-state index in [1.165, 1.54) is 31.9 Å². The number of hydrogen-bond acceptors (Lipinski definition) is 2. The summed E-state index contributed by atoms with van der Waals surface area (Å²) in [6.45, 7) is 2.83. The Morgan fingerprint density at radius 3 is 2.47 bits per heavy atom. The van der Waals surface area contributed by atoms with Gasteiger partial charge in [0.1, 0.15) is 5.82 Å². The Morgan fingerprint density at radius 2 is 1.79 bits per heavy atom. The van der Waals surface area contributed by atoms with Gasteiger partial charge < -0.3 is 5.32 Å². The van der Waals surface area contributed by atoms with E-state index < -0.39 is 11.7 Å². The number of alkyl halides is 3. The van der Waals surface area contributed by atoms with Crippen LogP contribution < -0.4 is 5.32 Å². The molecule has 0 saturated heterocycles. The van der Waals surface area contributed by atoms with Crippen LogP contribution in [0.1, 0.15) is 51.0 Å². The fourth-order valence-electron chi connectivity index (χ4n) is 1.83. The number of nitrogens with one attached hydrogen (secondary N) is 1. The Kier molecular flexibility index (Phi) is 6.67. The van der Waals surface area contributed by atoms with Crippen LogP contribution in [0.15, 0.2) is 18.3 Å². The fraction of sp³-hybridized carbons (Fsp3) is 0.643. The summed E-state index contributed by atoms with van der Waals surface area (Å²) >= 11 is 0. The van der Waals surface area contributed by atoms with Crippen LogP contribution in [0.3, 0.4) is 0 Å². The molecule has 0 fully saturated rings. The molecule has 0 aliphatic rings. The lowest BCUT2D eigenvalue weighted by atomic mass is 10.1. The molecule has 0 unspecified atom stereocenters. The van der Waals surface area contributed by atoms with Crippen LogP contribution in [0.25, 0.3) is 0 Å². The van der Waals surface area contributed by atoms with Crippen molar-refractivity contribution < 1.29 is 13.2 Å². The molecule has 1 N–H and O–H groups in total. The highest BCUT2D eigenvalue weighted by atomic mass is 19.4. The number of pyridine rings is 1. The van der Waals surface area contributed by atoms with Gasteiger partial charge in [-0.05, 0) is 18.6 Å². The number of aromatic nitrogens is 1. The maximum absolute atomic E-state index is 12.5. The fourth-order valence-corrected chi connectivity index (χ4v) is 1.83. The summed E-state index contributed by atoms with van der Waals surface area (Å²) in [6.07, 6.45) is 3.83. The number of rotatable bonds is 8. The van der Waals surface area contributed by atoms with Crippen LogP contribution in [-0.4, -0.2) is 11.5 Å². The number of hydrogen-bond donors (Lipinski definition) is 1. The minimum Gasteiger partial charge on any atom is -0.370 e. The van der Waals surface area contributed by atoms with Gasteiger partial charge in [0, 0.05) is 12.7 Å². The molecule has 1 aromatic rings. The Hall–Kier alpha value is -1.26. The number of anilines is 1. The third kappa shape index (κ3) is 6.45. The van der Waals surface area contributed by atoms with E-state index in [1.807, 2.05) is 0 Å². The van der Waals surface area contributed by atoms with Crippen LogP contribution in [0, 0.1) is 0 Å². The van der Waals surface area contributed by atoms with Crippen LogP contribution in [0.4, 0.5) is 19.0 Å². The Balaban J connectivity index is 2.26. The minimum absolute atomic E-state index is 0.295. The van der Waals surface area contributed by atoms with E-state index in [-0.39, 0.29) is 0 Å². The van der Waals surface area contributed by atoms with Crippen LogP contribution in [0.2, 0.25) is 0 Å². The van der Waals surface area contributed by atoms with Crippen LogP contribution >= 0.6 is 0 Å². The Bertz CT molecular complexity index is 364. The molecule has 0 bridgehead atoms. The van der Waals surface area contributed by atoms with Crippen molar-refractivity contribution in [3.8, 4) is 0 Å². The third-order valence-electron chi connectivity index (χ3n) is 2.92. The van der Waals surface area contributed by atoms with Gasteiger partial charge in [0.2, 0.25) is 0 Å². The normalized spacial score (nSPS) is 11.6. The lowest BCUT2D eigenvalue weighted by molar-refractivity contribution is -0.137. The number of halogens is 3. The Morgan fingerprint density at radius 1 is 1.11 bits per heavy atom. The first-order valence-electron chi connectivity index (χ1n) is 6.81. The van der Waals surface area contributed by atoms with E-state index in [0.29, 0.717) is 12.4 Å². The van der Waals surface area contributed by atoms with Gasteiger partial charge in [0.25, 0.3) is 0 Å². The standard InChI is InChI=1S/C14H21F3N2/c1-2-3-4-5-6-7-9-18-13-11-12(8-10-19-13)14(15,16)17/h8,10-11H,2-7,9H2,1H3,(H,18,19). The highest BCUT2D eigenvalue weighted by molar-refractivity contribution is 5.38. The number of unbranched alkanes of at least 4 members (excludes halogenated alkanes) is 5. The van der Waals surface area contributed by atoms with E-state index in [4.69, 9.17) is 0 Å². The second kappa shape index (κ2) is 8.02. The molecule has 0 atom stereocenters. The largest absolute Gasteiger partial charge is 0.416 e. The lowest BCUT2D eigenvalue weighted by Gasteiger charge is -2.09. The van der Waals surface area contributed by atoms with Gasteiger partial charge in [-0.15, -0.1) is 0 Å². The second-order valence-corrected chi connectivity index (χ2v) is 4.62. The van der Waals surface area contributed by atoms with Crippen LogP contribution in [0.5, 0.6) is 0 Å². The van der Waals surface area contributed by atoms with Crippen molar-refractivity contribution in [1.82, 2.24) is 4.98 Å². The summed E-state index contributed by atoms with van der Waals surface area (Å²) in [6, 6.07) is 2.03. The van der Waals surface area contributed by atoms with Crippen molar-refractivity contribution in [2.75, 3.05) is 11.9 Å². The van der Waals surface area contributed by atoms with Crippen molar-refractivity contribution in [3.63, 3.8) is 0 Å². The highest BCUT2D eigenvalue weighted by Crippen LogP contribution is 2.29. The molecule has 0 amide bonds. The molecule has 0 aromatic carbocycles. The molecule has 0 spiro atoms. The summed E-state index contributed by atoms with van der Waals surface area (Å²) in [5, 5.41) is 2.94. The average Bonchev–Trinajstić information content (AvgIpc) is 2.37. The van der Waals surface area contributed by atoms with Crippen molar-refractivity contribution >= 4 is 5.82 Å². The van der Waals surface area contributed by atoms with Gasteiger partial charge in [-0.25, -0.2) is 4.98 Å². The summed E-state index contributed by atoms with van der Waals surface area (Å²) in [4.78, 5) is 3.89. The summed E-state index contributed by atoms with van der Waals surface area (Å²) in [5.74, 6) is 0.295. The molecule has 0 aliphatic carbocycles. The summed E-state index contributed by atoms with van der Waals surface area (Å²) in [5.41, 5.74) is -0.659. The Labute approximate surface area is 112 Å². The van der Waals surface area contributed by atoms with Gasteiger partial charge >= 0.3 is 6.18 Å². The van der Waals surface area contributed by atoms with Gasteiger partial charge in [-0.2, -0.15) is 13.2 Å². The quantitative estimate of drug-likeness (QED) is 0.684. The highest BCUT2D eigenvalue weighted by Gasteiger charge is 2.30. The monoisotopic (exact) mass is 274 g/mol. The molecule has 0 saturated carbocycles. The molecule has 2 nitrogen and oxygen atoms in total. The summed E-state index contributed by atoms with van der Waals surface area (Å²) in [7, 11) is 0. The molecule has 108 valence electrons. The zero-order chi connectivity index (χ0) is 14.1. The zero-order valence-electron chi connectivity index (χ0n) is 11.3. The van der Waals surface area contributed by atoms with Crippen molar-refractivity contribution in [3.05, 3.63) is 23.9 Å². The van der Waals surface area contributed by atoms with Gasteiger partial charge in [0.15, 0.2) is 0 Å². The first-order chi connectivity index (χ1) is 9.04. The zero-order valence-corrected chi connectivity index (χ0v) is 11.3. The predicted molar refractivity (Wildman–Crippen MR) is 71.1 cm³/mol. The van der Waals surface area contributed by atoms with Gasteiger partial charge in [0.05, 0.1) is 5.56 Å². The lowest BCUT2D eigenvalue weighted by Crippen LogP contribution is -2.08. The molecular formula is C14H21F3N2. The second-order valence-electron chi connectivity index (χ2n) is 4.62. The molecule has 1 aromatic heterocycles. The van der Waals surface area contributed by atoms with Crippen LogP contribution in [-0.2, 0) is 6.18 Å². The van der Waals surface area contributed by atoms with E-state index in [9.17, 15) is 13.2 Å². The number of nitrogens with zero attached hydrogens (tertiary/aromatic N) is 1. The SMILES string of the molecule is CCCCCCCCNc1cc(C(F)(F)F)ccn1. The molecule has 19 heavy (non-hydrogen) atoms. The van der Waals surface area contributed by atoms with Crippen molar-refractivity contribution in [2.24, 2.45) is 0 Å². The van der Waals surface area contributed by atoms with E-state index in [1.54, 1.807) is 0 Å². The smallest absolute Gasteiger partial charge is 0.370 e. The van der Waals surface area contributed by atoms with E-state index >= 15 is 0 Å². The van der Waals surface area contributed by atoms with Gasteiger partial charge in [-0.1, -0.05) is 39.0 Å². The van der Waals surface area contributed by atoms with Crippen molar-refractivity contribution in [1.29, 1.82) is 0 Å². The minimum atomic E-state index is -4.31. The first kappa shape index (κ1) is 15.8.